The van der Waals surface area contributed by atoms with Crippen LogP contribution in [0.2, 0.25) is 0 Å². The fourth-order valence-electron chi connectivity index (χ4n) is 7.51. The van der Waals surface area contributed by atoms with Gasteiger partial charge < -0.3 is 32.6 Å². The Balaban J connectivity index is 0.00000504. The maximum absolute atomic E-state index is 15.6. The molecule has 0 fully saturated rings. The summed E-state index contributed by atoms with van der Waals surface area (Å²) >= 11 is 0. The van der Waals surface area contributed by atoms with Crippen LogP contribution in [0.1, 0.15) is 11.1 Å². The van der Waals surface area contributed by atoms with E-state index in [0.29, 0.717) is 22.8 Å². The molecule has 0 atom stereocenters. The normalized spacial score (nSPS) is 11.4. The molecule has 0 aromatic heterocycles. The predicted octanol–water partition coefficient (Wildman–Crippen LogP) is -13.3. The molecule has 8 aromatic carbocycles. The Hall–Kier alpha value is -3.28. The average molecular weight is 1200 g/mol. The van der Waals surface area contributed by atoms with Gasteiger partial charge in [0, 0.05) is 11.5 Å². The number of hydrogen-bond acceptors (Lipinski definition) is 19. The molecule has 0 radical (unpaired) electrons. The first kappa shape index (κ1) is 78.7. The topological polar surface area (TPSA) is 311 Å². The van der Waals surface area contributed by atoms with Crippen LogP contribution in [-0.2, 0) is 59.9 Å². The summed E-state index contributed by atoms with van der Waals surface area (Å²) in [7, 11) is -28.1. The van der Waals surface area contributed by atoms with E-state index in [1.54, 1.807) is 13.8 Å². The van der Waals surface area contributed by atoms with Crippen molar-refractivity contribution in [2.75, 3.05) is 14.2 Å². The van der Waals surface area contributed by atoms with Crippen molar-refractivity contribution in [2.45, 2.75) is 57.9 Å². The Morgan fingerprint density at radius 2 is 0.738 bits per heavy atom. The third-order valence-electron chi connectivity index (χ3n) is 11.4. The van der Waals surface area contributed by atoms with Crippen molar-refractivity contribution in [1.82, 2.24) is 0 Å². The van der Waals surface area contributed by atoms with Crippen molar-refractivity contribution >= 4 is 59.9 Å². The van der Waals surface area contributed by atoms with Gasteiger partial charge in [-0.3, -0.25) is 0 Å². The molecule has 32 heteroatoms. The number of sulfone groups is 3. The predicted molar refractivity (Wildman–Crippen MR) is 268 cm³/mol. The van der Waals surface area contributed by atoms with Gasteiger partial charge in [0.25, 0.3) is 0 Å². The summed E-state index contributed by atoms with van der Waals surface area (Å²) in [4.78, 5) is -6.51. The van der Waals surface area contributed by atoms with Crippen molar-refractivity contribution in [3.05, 3.63) is 175 Å². The minimum atomic E-state index is -5.59. The van der Waals surface area contributed by atoms with E-state index in [0.717, 1.165) is 79.9 Å². The Labute approximate surface area is 572 Å². The smallest absolute Gasteiger partial charge is 0.744 e. The summed E-state index contributed by atoms with van der Waals surface area (Å²) in [5, 5.41) is 0. The Kier molecular flexibility index (Phi) is 28.8. The average Bonchev–Trinajstić information content (AvgIpc) is 3.42. The fourth-order valence-corrected chi connectivity index (χ4v) is 13.7. The van der Waals surface area contributed by atoms with E-state index in [2.05, 4.69) is 24.3 Å². The zero-order valence-corrected chi connectivity index (χ0v) is 51.9. The van der Waals surface area contributed by atoms with E-state index < -0.39 is 123 Å². The second kappa shape index (κ2) is 30.8. The van der Waals surface area contributed by atoms with Gasteiger partial charge in [0.15, 0.2) is 29.5 Å². The zero-order valence-electron chi connectivity index (χ0n) is 47.0. The van der Waals surface area contributed by atoms with Gasteiger partial charge in [-0.1, -0.05) is 37.1 Å². The van der Waals surface area contributed by atoms with Crippen molar-refractivity contribution < 1.29 is 215 Å². The molecular formula is C52H35Li7O19S6. The van der Waals surface area contributed by atoms with Crippen molar-refractivity contribution in [3.63, 3.8) is 0 Å². The molecular weight excluding hydrogens is 1170 g/mol. The minimum absolute atomic E-state index is 0. The van der Waals surface area contributed by atoms with Crippen LogP contribution in [-0.4, -0.2) is 78.4 Å². The van der Waals surface area contributed by atoms with E-state index in [1.807, 2.05) is 0 Å². The molecule has 0 aliphatic heterocycles. The van der Waals surface area contributed by atoms with Crippen LogP contribution < -0.4 is 151 Å². The number of hydrogen-bond donors (Lipinski definition) is 0. The van der Waals surface area contributed by atoms with Crippen molar-refractivity contribution in [1.29, 1.82) is 0 Å². The number of ether oxygens (including phenoxy) is 4. The molecule has 8 aromatic rings. The van der Waals surface area contributed by atoms with Crippen LogP contribution in [0.3, 0.4) is 0 Å². The molecule has 0 saturated heterocycles. The van der Waals surface area contributed by atoms with Gasteiger partial charge in [0.2, 0.25) is 0 Å². The van der Waals surface area contributed by atoms with Crippen LogP contribution >= 0.6 is 0 Å². The van der Waals surface area contributed by atoms with Gasteiger partial charge in [-0.05, 0) is 75.4 Å². The van der Waals surface area contributed by atoms with E-state index >= 15 is 8.42 Å². The number of rotatable bonds is 17. The van der Waals surface area contributed by atoms with Gasteiger partial charge in [0.1, 0.15) is 58.2 Å². The quantitative estimate of drug-likeness (QED) is 0.0464. The third kappa shape index (κ3) is 17.3. The molecule has 0 spiro atoms. The molecule has 84 heavy (non-hydrogen) atoms. The van der Waals surface area contributed by atoms with Crippen LogP contribution in [0.25, 0.3) is 22.3 Å². The number of benzene rings is 8. The van der Waals surface area contributed by atoms with E-state index in [4.69, 9.17) is 18.9 Å². The minimum Gasteiger partial charge on any atom is -0.744 e. The van der Waals surface area contributed by atoms with Gasteiger partial charge >= 0.3 is 132 Å². The van der Waals surface area contributed by atoms with Crippen LogP contribution in [0.5, 0.6) is 34.5 Å². The standard InChI is InChI=1S/C52H38O19S6.7Li/c1-32-5-16-39(17-6-32)72(53,54)41-20-25-46(70-37-13-9-34(10-14-37)35-11-23-44(68-3)50(27-35)75(59,60)61)49(30-41)74(57,58)48-29-38(15-22-43(48)36-12-24-45(69-4)51(28-36)76(62,63)64)71-47-26-21-42(31-52(47)77(65,66)67)73(55,56)40-18-7-33(2)8-19-40;;;;;;;/h5,7,9-13,15-28,30-31H,1-4H3,(H,59,60,61)(H,62,63,64)(H,65,66,67);;;;;;;/q-4;7*+1/p-3. The zero-order chi connectivity index (χ0) is 56.0. The fraction of sp³-hybridized carbons (Fsp3) is 0.0769. The summed E-state index contributed by atoms with van der Waals surface area (Å²) in [5.41, 5.74) is 0.940. The number of aryl methyl sites for hydroxylation is 2. The van der Waals surface area contributed by atoms with E-state index in [1.165, 1.54) is 67.8 Å². The monoisotopic (exact) mass is 1200 g/mol. The molecule has 8 rings (SSSR count). The molecule has 400 valence electrons. The molecule has 0 heterocycles. The summed E-state index contributed by atoms with van der Waals surface area (Å²) in [6, 6.07) is 36.3. The van der Waals surface area contributed by atoms with E-state index in [-0.39, 0.29) is 164 Å². The second-order valence-electron chi connectivity index (χ2n) is 16.4. The molecule has 0 amide bonds. The SMILES string of the molecule is COc1ccc(-c2c[c-]c(Oc3ccc(S(=O)(=O)c4c[c-]c(C)cc4)cc3S(=O)(=O)c3[c-]c(Oc4ccc(S(=O)(=O)c5c[c-]c(C)cc5)cc4S(=O)(=O)[O-])ccc3-c3ccc(OC)c(S(=O)(=O)[O-])c3)cc2)cc1S(=O)(=O)[O-].[Li+].[Li+].[Li+].[Li+].[Li+].[Li+].[Li+]. The Morgan fingerprint density at radius 1 is 0.357 bits per heavy atom. The molecule has 0 N–H and O–H groups in total. The van der Waals surface area contributed by atoms with Gasteiger partial charge in [-0.2, -0.15) is 77.9 Å². The maximum atomic E-state index is 15.6. The van der Waals surface area contributed by atoms with Crippen molar-refractivity contribution in [2.24, 2.45) is 0 Å². The number of methoxy groups -OCH3 is 2. The summed E-state index contributed by atoms with van der Waals surface area (Å²) < 4.78 is 220. The molecule has 19 nitrogen and oxygen atoms in total. The second-order valence-corrected chi connectivity index (χ2v) is 26.2. The molecule has 0 unspecified atom stereocenters. The molecule has 0 bridgehead atoms. The summed E-state index contributed by atoms with van der Waals surface area (Å²) in [5.74, 6) is -2.90. The molecule has 0 saturated carbocycles. The van der Waals surface area contributed by atoms with Gasteiger partial charge in [-0.15, -0.1) is 35.4 Å². The van der Waals surface area contributed by atoms with Crippen molar-refractivity contribution in [3.8, 4) is 56.8 Å². The first-order chi connectivity index (χ1) is 36.0. The van der Waals surface area contributed by atoms with Gasteiger partial charge in [0.05, 0.1) is 38.7 Å². The first-order valence-electron chi connectivity index (χ1n) is 21.7. The first-order valence-corrected chi connectivity index (χ1v) is 30.4. The van der Waals surface area contributed by atoms with Crippen LogP contribution in [0, 0.1) is 38.1 Å². The Bertz CT molecular complexity index is 4390. The van der Waals surface area contributed by atoms with Crippen LogP contribution in [0.15, 0.2) is 184 Å². The summed E-state index contributed by atoms with van der Waals surface area (Å²) in [6.07, 6.45) is 0. The molecule has 0 aliphatic rings. The maximum Gasteiger partial charge on any atom is 1.00 e. The van der Waals surface area contributed by atoms with Crippen LogP contribution in [0.4, 0.5) is 0 Å². The Morgan fingerprint density at radius 3 is 1.17 bits per heavy atom. The van der Waals surface area contributed by atoms with Gasteiger partial charge in [-0.25, -0.2) is 50.5 Å². The van der Waals surface area contributed by atoms with E-state index in [9.17, 15) is 55.7 Å². The summed E-state index contributed by atoms with van der Waals surface area (Å²) in [6.45, 7) is 3.30. The largest absolute Gasteiger partial charge is 1.00 e. The third-order valence-corrected chi connectivity index (χ3v) is 19.2. The molecule has 0 aliphatic carbocycles.